The van der Waals surface area contributed by atoms with Gasteiger partial charge in [-0.25, -0.2) is 28.3 Å². The minimum atomic E-state index is -4.98. The molecule has 8 rings (SSSR count). The van der Waals surface area contributed by atoms with Crippen LogP contribution >= 0.6 is 11.6 Å². The summed E-state index contributed by atoms with van der Waals surface area (Å²) in [4.78, 5) is 55.4. The number of halogens is 9. The number of fused-ring (bicyclic) bond motifs is 2. The van der Waals surface area contributed by atoms with Crippen molar-refractivity contribution in [2.75, 3.05) is 10.6 Å². The molecule has 2 aromatic heterocycles. The maximum atomic E-state index is 14.7. The van der Waals surface area contributed by atoms with Crippen LogP contribution < -0.4 is 32.4 Å². The number of H-pyrrole nitrogens is 1. The lowest BCUT2D eigenvalue weighted by molar-refractivity contribution is -0.179. The molecule has 2 aliphatic heterocycles. The Balaban J connectivity index is 0.000000232. The van der Waals surface area contributed by atoms with Crippen molar-refractivity contribution in [3.63, 3.8) is 0 Å². The van der Waals surface area contributed by atoms with E-state index in [9.17, 15) is 54.3 Å². The zero-order chi connectivity index (χ0) is 52.6. The van der Waals surface area contributed by atoms with Crippen LogP contribution in [0.5, 0.6) is 0 Å². The molecule has 33 heteroatoms. The van der Waals surface area contributed by atoms with Crippen molar-refractivity contribution in [2.24, 2.45) is 11.8 Å². The standard InChI is InChI=1S/C19H14F4N4O2.C15H11ClF4N2O.C4H4N2O.CH4.B12/c20-14-8-13-15(7-12(14)9-27-10-24-6-4-16(27)28)25-17(29)26-18(13,19(21,22)23)5-3-11-1-2-11;16-7-9-5-12-10(6-11(9)17)14(15(18,19)20,22-13(23)21-12)4-3-8-1-2-8;7-4-1-2-5-3-6-4;;1-8(2)11(7)12(9(3)4)10(5)6/h4,6-8,10-11H,1-2,9H2,(H2,25,26,29);5-6,8H,1-2,7H2,(H2,21,22,23);1-3H,(H,5,6,7);1H4;. The fourth-order valence-corrected chi connectivity index (χ4v) is 6.95. The molecule has 4 heterocycles. The summed E-state index contributed by atoms with van der Waals surface area (Å²) >= 11 is 5.56. The maximum Gasteiger partial charge on any atom is 0.427 e. The summed E-state index contributed by atoms with van der Waals surface area (Å²) in [5, 5.41) is 8.18. The molecule has 4 amide bonds. The summed E-state index contributed by atoms with van der Waals surface area (Å²) in [6.07, 6.45) is -5.04. The first-order chi connectivity index (χ1) is 33.2. The summed E-state index contributed by atoms with van der Waals surface area (Å²) in [5.74, 6) is 7.00. The van der Waals surface area contributed by atoms with Crippen LogP contribution in [0, 0.1) is 47.2 Å². The number of anilines is 2. The van der Waals surface area contributed by atoms with Crippen molar-refractivity contribution in [1.29, 1.82) is 0 Å². The highest BCUT2D eigenvalue weighted by Crippen LogP contribution is 2.46. The number of alkyl halides is 7. The number of nitrogens with one attached hydrogen (secondary N) is 5. The van der Waals surface area contributed by atoms with Gasteiger partial charge in [0.15, 0.2) is 0 Å². The van der Waals surface area contributed by atoms with Crippen LogP contribution in [0.25, 0.3) is 0 Å². The molecule has 2 atom stereocenters. The second-order valence-electron chi connectivity index (χ2n) is 16.4. The third-order valence-electron chi connectivity index (χ3n) is 10.9. The summed E-state index contributed by atoms with van der Waals surface area (Å²) in [7, 11) is 37.9. The van der Waals surface area contributed by atoms with E-state index >= 15 is 0 Å². The van der Waals surface area contributed by atoms with Crippen LogP contribution in [-0.2, 0) is 23.5 Å². The number of aromatic amines is 1. The van der Waals surface area contributed by atoms with Crippen molar-refractivity contribution >= 4 is 121 Å². The Labute approximate surface area is 425 Å². The normalized spacial score (nSPS) is 18.1. The Morgan fingerprint density at radius 3 is 1.50 bits per heavy atom. The lowest BCUT2D eigenvalue weighted by Gasteiger charge is -2.37. The van der Waals surface area contributed by atoms with E-state index in [-0.39, 0.29) is 59.7 Å². The quantitative estimate of drug-likeness (QED) is 0.0828. The molecule has 0 spiro atoms. The first-order valence-corrected chi connectivity index (χ1v) is 21.6. The first kappa shape index (κ1) is 58.9. The van der Waals surface area contributed by atoms with Crippen molar-refractivity contribution in [1.82, 2.24) is 30.2 Å². The van der Waals surface area contributed by atoms with E-state index in [4.69, 9.17) is 65.8 Å². The van der Waals surface area contributed by atoms with Gasteiger partial charge in [-0.2, -0.15) is 26.3 Å². The van der Waals surface area contributed by atoms with Gasteiger partial charge in [-0.3, -0.25) is 14.2 Å². The zero-order valence-electron chi connectivity index (χ0n) is 37.0. The van der Waals surface area contributed by atoms with Gasteiger partial charge in [0.1, 0.15) is 11.6 Å². The van der Waals surface area contributed by atoms with Crippen molar-refractivity contribution in [2.45, 2.75) is 69.0 Å². The Morgan fingerprint density at radius 2 is 1.15 bits per heavy atom. The molecule has 2 fully saturated rings. The molecular formula is C39H33B12ClF8N8O4. The molecule has 4 aliphatic rings. The van der Waals surface area contributed by atoms with E-state index in [1.807, 2.05) is 10.6 Å². The third kappa shape index (κ3) is 14.5. The van der Waals surface area contributed by atoms with E-state index in [1.54, 1.807) is 0 Å². The number of carbonyl (C=O) groups excluding carboxylic acids is 2. The molecule has 72 heavy (non-hydrogen) atoms. The van der Waals surface area contributed by atoms with Gasteiger partial charge in [0, 0.05) is 156 Å². The molecule has 2 aliphatic carbocycles. The van der Waals surface area contributed by atoms with Crippen LogP contribution in [0.4, 0.5) is 56.1 Å². The SMILES string of the molecule is C.O=C1Nc2cc(CCl)c(F)cc2C(C#CC2CC2)(C(F)(F)F)N1.O=C1Nc2cc(Cn3cnccc3=O)c(F)cc2C(C#CC2CC2)(C(F)(F)F)N1.O=c1ccnc[nH]1.[B]B([B])B([B])B(B([B])[B])B([B])[B]. The number of carbonyl (C=O) groups is 2. The first-order valence-electron chi connectivity index (χ1n) is 21.1. The summed E-state index contributed by atoms with van der Waals surface area (Å²) in [6.45, 7) is -0.262. The van der Waals surface area contributed by atoms with Gasteiger partial charge in [-0.05, 0) is 49.9 Å². The number of rotatable bonds is 7. The van der Waals surface area contributed by atoms with Gasteiger partial charge < -0.3 is 26.3 Å². The Hall–Kier alpha value is -5.63. The molecule has 5 N–H and O–H groups in total. The monoisotopic (exact) mass is 996 g/mol. The molecule has 0 saturated heterocycles. The molecule has 4 aromatic rings. The number of hydrogen-bond acceptors (Lipinski definition) is 6. The van der Waals surface area contributed by atoms with E-state index in [0.717, 1.165) is 35.6 Å². The largest absolute Gasteiger partial charge is 0.427 e. The molecule has 2 unspecified atom stereocenters. The Morgan fingerprint density at radius 1 is 0.694 bits per heavy atom. The number of amides is 4. The topological polar surface area (TPSA) is 163 Å². The molecule has 352 valence electrons. The van der Waals surface area contributed by atoms with E-state index in [2.05, 4.69) is 49.3 Å². The number of hydrogen-bond donors (Lipinski definition) is 5. The highest BCUT2D eigenvalue weighted by atomic mass is 35.5. The minimum absolute atomic E-state index is 0. The predicted molar refractivity (Wildman–Crippen MR) is 271 cm³/mol. The predicted octanol–water partition coefficient (Wildman–Crippen LogP) is 2.44. The fraction of sp³-hybridized carbons (Fsp3) is 0.333. The zero-order valence-corrected chi connectivity index (χ0v) is 37.7. The summed E-state index contributed by atoms with van der Waals surface area (Å²) < 4.78 is 113. The van der Waals surface area contributed by atoms with Crippen LogP contribution in [-0.4, -0.2) is 130 Å². The Bertz CT molecular complexity index is 2820. The lowest BCUT2D eigenvalue weighted by Crippen LogP contribution is -2.67. The van der Waals surface area contributed by atoms with E-state index in [0.29, 0.717) is 18.9 Å². The van der Waals surface area contributed by atoms with Crippen molar-refractivity contribution in [3.05, 3.63) is 116 Å². The van der Waals surface area contributed by atoms with Crippen LogP contribution in [0.2, 0.25) is 0 Å². The average molecular weight is 995 g/mol. The van der Waals surface area contributed by atoms with Gasteiger partial charge in [-0.15, -0.1) is 11.6 Å². The molecule has 2 saturated carbocycles. The van der Waals surface area contributed by atoms with Crippen LogP contribution in [0.15, 0.2) is 71.0 Å². The second-order valence-corrected chi connectivity index (χ2v) is 16.7. The molecule has 12 nitrogen and oxygen atoms in total. The summed E-state index contributed by atoms with van der Waals surface area (Å²) in [5.41, 5.74) is -7.96. The highest BCUT2D eigenvalue weighted by molar-refractivity contribution is 8.05. The van der Waals surface area contributed by atoms with E-state index in [1.165, 1.54) is 37.2 Å². The smallest absolute Gasteiger partial charge is 0.313 e. The lowest BCUT2D eigenvalue weighted by atomic mass is 8.53. The Kier molecular flexibility index (Phi) is 20.0. The maximum absolute atomic E-state index is 14.7. The number of benzene rings is 2. The second kappa shape index (κ2) is 24.4. The fourth-order valence-electron chi connectivity index (χ4n) is 6.74. The number of urea groups is 2. The van der Waals surface area contributed by atoms with Gasteiger partial charge in [0.05, 0.1) is 25.1 Å². The molecule has 0 bridgehead atoms. The van der Waals surface area contributed by atoms with Gasteiger partial charge in [0.25, 0.3) is 11.1 Å². The summed E-state index contributed by atoms with van der Waals surface area (Å²) in [6, 6.07) is 4.01. The third-order valence-corrected chi connectivity index (χ3v) is 11.1. The number of aromatic nitrogens is 4. The van der Waals surface area contributed by atoms with E-state index < -0.39 is 95.7 Å². The number of nitrogens with zero attached hydrogens (tertiary/aromatic N) is 3. The van der Waals surface area contributed by atoms with Gasteiger partial charge >= 0.3 is 24.4 Å². The minimum Gasteiger partial charge on any atom is -0.313 e. The average Bonchev–Trinajstić information content (AvgIpc) is 4.23. The molecule has 14 radical (unpaired) electrons. The molecule has 2 aromatic carbocycles. The van der Waals surface area contributed by atoms with Gasteiger partial charge in [0.2, 0.25) is 11.1 Å². The van der Waals surface area contributed by atoms with Crippen LogP contribution in [0.3, 0.4) is 0 Å². The van der Waals surface area contributed by atoms with Gasteiger partial charge in [-0.1, -0.05) is 31.1 Å². The van der Waals surface area contributed by atoms with Crippen molar-refractivity contribution in [3.8, 4) is 23.7 Å². The molecular weight excluding hydrogens is 962 g/mol. The van der Waals surface area contributed by atoms with Crippen LogP contribution in [0.1, 0.15) is 55.4 Å². The van der Waals surface area contributed by atoms with Crippen molar-refractivity contribution < 1.29 is 44.7 Å². The highest BCUT2D eigenvalue weighted by Gasteiger charge is 2.61.